The number of halogens is 1. The first kappa shape index (κ1) is 21.5. The Morgan fingerprint density at radius 2 is 1.79 bits per heavy atom. The summed E-state index contributed by atoms with van der Waals surface area (Å²) in [6.07, 6.45) is 0.435. The maximum atomic E-state index is 13.1. The van der Waals surface area contributed by atoms with Crippen LogP contribution in [0.3, 0.4) is 0 Å². The summed E-state index contributed by atoms with van der Waals surface area (Å²) >= 11 is 0. The second-order valence-corrected chi connectivity index (χ2v) is 8.24. The van der Waals surface area contributed by atoms with Crippen LogP contribution >= 0.6 is 0 Å². The van der Waals surface area contributed by atoms with Gasteiger partial charge in [0.15, 0.2) is 0 Å². The van der Waals surface area contributed by atoms with Crippen LogP contribution in [0.15, 0.2) is 53.4 Å². The van der Waals surface area contributed by atoms with E-state index in [0.29, 0.717) is 12.1 Å². The molecule has 2 aromatic carbocycles. The number of nitrogens with zero attached hydrogens (tertiary/aromatic N) is 1. The Bertz CT molecular complexity index is 946. The first-order chi connectivity index (χ1) is 13.2. The number of likely N-dealkylation sites (N-methyl/N-ethyl adjacent to an activating group) is 1. The highest BCUT2D eigenvalue weighted by Crippen LogP contribution is 2.17. The van der Waals surface area contributed by atoms with Gasteiger partial charge in [-0.05, 0) is 48.4 Å². The van der Waals surface area contributed by atoms with E-state index in [-0.39, 0.29) is 29.7 Å². The Kier molecular flexibility index (Phi) is 7.24. The average Bonchev–Trinajstić information content (AvgIpc) is 2.61. The van der Waals surface area contributed by atoms with E-state index in [1.54, 1.807) is 12.1 Å². The summed E-state index contributed by atoms with van der Waals surface area (Å²) < 4.78 is 39.2. The third kappa shape index (κ3) is 6.14. The molecule has 0 bridgehead atoms. The first-order valence-electron chi connectivity index (χ1n) is 8.53. The topological polar surface area (TPSA) is 95.6 Å². The molecule has 2 aromatic rings. The number of carbonyl (C=O) groups excluding carboxylic acids is 2. The van der Waals surface area contributed by atoms with Crippen LogP contribution in [-0.4, -0.2) is 44.7 Å². The van der Waals surface area contributed by atoms with Gasteiger partial charge >= 0.3 is 0 Å². The van der Waals surface area contributed by atoms with E-state index in [4.69, 9.17) is 0 Å². The summed E-state index contributed by atoms with van der Waals surface area (Å²) in [6, 6.07) is 11.7. The van der Waals surface area contributed by atoms with E-state index in [2.05, 4.69) is 10.6 Å². The molecule has 7 nitrogen and oxygen atoms in total. The van der Waals surface area contributed by atoms with Crippen LogP contribution in [0.4, 0.5) is 10.1 Å². The van der Waals surface area contributed by atoms with Crippen LogP contribution in [0.1, 0.15) is 12.5 Å². The molecule has 0 aliphatic heterocycles. The first-order valence-corrected chi connectivity index (χ1v) is 9.97. The van der Waals surface area contributed by atoms with Gasteiger partial charge < -0.3 is 10.6 Å². The van der Waals surface area contributed by atoms with Gasteiger partial charge in [-0.3, -0.25) is 9.59 Å². The van der Waals surface area contributed by atoms with Crippen molar-refractivity contribution in [3.05, 3.63) is 59.9 Å². The number of amides is 2. The van der Waals surface area contributed by atoms with Gasteiger partial charge in [0.2, 0.25) is 21.8 Å². The molecule has 9 heteroatoms. The maximum absolute atomic E-state index is 13.1. The van der Waals surface area contributed by atoms with Crippen molar-refractivity contribution in [2.75, 3.05) is 25.5 Å². The lowest BCUT2D eigenvalue weighted by Gasteiger charge is -2.17. The van der Waals surface area contributed by atoms with Crippen LogP contribution in [0.2, 0.25) is 0 Å². The normalized spacial score (nSPS) is 11.3. The summed E-state index contributed by atoms with van der Waals surface area (Å²) in [7, 11) is -2.54. The highest BCUT2D eigenvalue weighted by atomic mass is 32.2. The molecule has 0 aliphatic rings. The number of hydrogen-bond donors (Lipinski definition) is 2. The van der Waals surface area contributed by atoms with Gasteiger partial charge in [-0.1, -0.05) is 12.1 Å². The summed E-state index contributed by atoms with van der Waals surface area (Å²) in [6.45, 7) is 1.27. The van der Waals surface area contributed by atoms with Gasteiger partial charge in [0, 0.05) is 26.2 Å². The molecule has 2 rings (SSSR count). The SMILES string of the molecule is CC(=O)Nc1ccc(S(=O)(=O)N(C)CC(=O)NCCc2cccc(F)c2)cc1. The van der Waals surface area contributed by atoms with E-state index in [0.717, 1.165) is 9.87 Å². The molecular weight excluding hydrogens is 385 g/mol. The Labute approximate surface area is 163 Å². The quantitative estimate of drug-likeness (QED) is 0.697. The van der Waals surface area contributed by atoms with Crippen LogP contribution in [0.5, 0.6) is 0 Å². The van der Waals surface area contributed by atoms with E-state index in [1.165, 1.54) is 50.4 Å². The van der Waals surface area contributed by atoms with Crippen molar-refractivity contribution in [2.45, 2.75) is 18.2 Å². The Morgan fingerprint density at radius 3 is 2.39 bits per heavy atom. The van der Waals surface area contributed by atoms with Gasteiger partial charge in [-0.2, -0.15) is 4.31 Å². The van der Waals surface area contributed by atoms with Gasteiger partial charge in [-0.25, -0.2) is 12.8 Å². The molecule has 2 N–H and O–H groups in total. The fraction of sp³-hybridized carbons (Fsp3) is 0.263. The molecule has 2 amide bonds. The lowest BCUT2D eigenvalue weighted by Crippen LogP contribution is -2.39. The largest absolute Gasteiger partial charge is 0.355 e. The lowest BCUT2D eigenvalue weighted by molar-refractivity contribution is -0.121. The van der Waals surface area contributed by atoms with Crippen LogP contribution in [-0.2, 0) is 26.0 Å². The molecule has 0 fully saturated rings. The minimum Gasteiger partial charge on any atom is -0.355 e. The monoisotopic (exact) mass is 407 g/mol. The molecule has 0 aliphatic carbocycles. The fourth-order valence-corrected chi connectivity index (χ4v) is 3.60. The highest BCUT2D eigenvalue weighted by Gasteiger charge is 2.22. The van der Waals surface area contributed by atoms with Gasteiger partial charge in [-0.15, -0.1) is 0 Å². The third-order valence-electron chi connectivity index (χ3n) is 3.87. The number of rotatable bonds is 8. The van der Waals surface area contributed by atoms with Gasteiger partial charge in [0.05, 0.1) is 11.4 Å². The van der Waals surface area contributed by atoms with Gasteiger partial charge in [0.1, 0.15) is 5.82 Å². The standard InChI is InChI=1S/C19H22FN3O4S/c1-14(24)22-17-6-8-18(9-7-17)28(26,27)23(2)13-19(25)21-11-10-15-4-3-5-16(20)12-15/h3-9,12H,10-11,13H2,1-2H3,(H,21,25)(H,22,24). The molecule has 0 atom stereocenters. The number of carbonyl (C=O) groups is 2. The minimum atomic E-state index is -3.85. The number of hydrogen-bond acceptors (Lipinski definition) is 4. The van der Waals surface area contributed by atoms with Crippen LogP contribution in [0.25, 0.3) is 0 Å². The summed E-state index contributed by atoms with van der Waals surface area (Å²) in [5, 5.41) is 5.17. The molecule has 0 saturated carbocycles. The van der Waals surface area contributed by atoms with Crippen molar-refractivity contribution in [3.63, 3.8) is 0 Å². The van der Waals surface area contributed by atoms with Crippen molar-refractivity contribution in [3.8, 4) is 0 Å². The fourth-order valence-electron chi connectivity index (χ4n) is 2.48. The van der Waals surface area contributed by atoms with E-state index in [9.17, 15) is 22.4 Å². The van der Waals surface area contributed by atoms with Crippen LogP contribution in [0, 0.1) is 5.82 Å². The number of nitrogens with one attached hydrogen (secondary N) is 2. The molecular formula is C19H22FN3O4S. The molecule has 0 saturated heterocycles. The molecule has 150 valence electrons. The van der Waals surface area contributed by atoms with E-state index >= 15 is 0 Å². The zero-order valence-corrected chi connectivity index (χ0v) is 16.4. The third-order valence-corrected chi connectivity index (χ3v) is 5.69. The average molecular weight is 407 g/mol. The summed E-state index contributed by atoms with van der Waals surface area (Å²) in [5.74, 6) is -1.07. The Hall–Kier alpha value is -2.78. The predicted molar refractivity (Wildman–Crippen MR) is 104 cm³/mol. The predicted octanol–water partition coefficient (Wildman–Crippen LogP) is 1.76. The van der Waals surface area contributed by atoms with Crippen LogP contribution < -0.4 is 10.6 Å². The van der Waals surface area contributed by atoms with Crippen molar-refractivity contribution in [1.82, 2.24) is 9.62 Å². The summed E-state index contributed by atoms with van der Waals surface area (Å²) in [5.41, 5.74) is 1.21. The van der Waals surface area contributed by atoms with Crippen molar-refractivity contribution >= 4 is 27.5 Å². The molecule has 0 radical (unpaired) electrons. The van der Waals surface area contributed by atoms with Gasteiger partial charge in [0.25, 0.3) is 0 Å². The second-order valence-electron chi connectivity index (χ2n) is 6.20. The smallest absolute Gasteiger partial charge is 0.243 e. The maximum Gasteiger partial charge on any atom is 0.243 e. The lowest BCUT2D eigenvalue weighted by atomic mass is 10.1. The number of anilines is 1. The zero-order chi connectivity index (χ0) is 20.7. The molecule has 28 heavy (non-hydrogen) atoms. The number of benzene rings is 2. The molecule has 0 unspecified atom stereocenters. The molecule has 0 spiro atoms. The second kappa shape index (κ2) is 9.43. The zero-order valence-electron chi connectivity index (χ0n) is 15.6. The highest BCUT2D eigenvalue weighted by molar-refractivity contribution is 7.89. The molecule has 0 heterocycles. The summed E-state index contributed by atoms with van der Waals surface area (Å²) in [4.78, 5) is 23.1. The van der Waals surface area contributed by atoms with E-state index in [1.807, 2.05) is 0 Å². The van der Waals surface area contributed by atoms with Crippen molar-refractivity contribution < 1.29 is 22.4 Å². The Morgan fingerprint density at radius 1 is 1.11 bits per heavy atom. The van der Waals surface area contributed by atoms with E-state index < -0.39 is 15.9 Å². The minimum absolute atomic E-state index is 0.0108. The Balaban J connectivity index is 1.90. The number of sulfonamides is 1. The van der Waals surface area contributed by atoms with Crippen molar-refractivity contribution in [2.24, 2.45) is 0 Å². The molecule has 0 aromatic heterocycles. The van der Waals surface area contributed by atoms with Crippen molar-refractivity contribution in [1.29, 1.82) is 0 Å².